The Morgan fingerprint density at radius 3 is 2.14 bits per heavy atom. The fraction of sp³-hybridized carbons (Fsp3) is 0.467. The zero-order valence-electron chi connectivity index (χ0n) is 12.1. The van der Waals surface area contributed by atoms with Gasteiger partial charge in [0.2, 0.25) is 0 Å². The SMILES string of the molecule is CCOC(=O)C(F)(C(C)CC(=O)c1ccccc1)C(F)(F)F. The van der Waals surface area contributed by atoms with Crippen molar-refractivity contribution in [1.82, 2.24) is 0 Å². The van der Waals surface area contributed by atoms with Crippen molar-refractivity contribution in [1.29, 1.82) is 0 Å². The highest BCUT2D eigenvalue weighted by atomic mass is 19.4. The number of ketones is 1. The van der Waals surface area contributed by atoms with E-state index in [-0.39, 0.29) is 12.2 Å². The van der Waals surface area contributed by atoms with E-state index < -0.39 is 35.9 Å². The number of Topliss-reactive ketones (excluding diaryl/α,β-unsaturated/α-hetero) is 1. The quantitative estimate of drug-likeness (QED) is 0.456. The molecular formula is C15H16F4O3. The number of ether oxygens (including phenoxy) is 1. The number of benzene rings is 1. The van der Waals surface area contributed by atoms with Gasteiger partial charge in [0.05, 0.1) is 6.61 Å². The second-order valence-corrected chi connectivity index (χ2v) is 4.82. The number of carbonyl (C=O) groups is 2. The van der Waals surface area contributed by atoms with E-state index in [1.165, 1.54) is 31.2 Å². The third-order valence-electron chi connectivity index (χ3n) is 3.25. The van der Waals surface area contributed by atoms with E-state index in [9.17, 15) is 27.2 Å². The zero-order valence-corrected chi connectivity index (χ0v) is 12.1. The Balaban J connectivity index is 3.01. The lowest BCUT2D eigenvalue weighted by atomic mass is 9.85. The van der Waals surface area contributed by atoms with Crippen LogP contribution < -0.4 is 0 Å². The van der Waals surface area contributed by atoms with E-state index >= 15 is 0 Å². The molecule has 2 unspecified atom stereocenters. The Morgan fingerprint density at radius 1 is 1.14 bits per heavy atom. The molecule has 122 valence electrons. The Morgan fingerprint density at radius 2 is 1.68 bits per heavy atom. The molecule has 0 amide bonds. The Kier molecular flexibility index (Phi) is 5.68. The van der Waals surface area contributed by atoms with E-state index in [0.29, 0.717) is 0 Å². The summed E-state index contributed by atoms with van der Waals surface area (Å²) in [4.78, 5) is 23.4. The van der Waals surface area contributed by atoms with Gasteiger partial charge in [-0.1, -0.05) is 37.3 Å². The van der Waals surface area contributed by atoms with Gasteiger partial charge >= 0.3 is 17.8 Å². The van der Waals surface area contributed by atoms with Crippen molar-refractivity contribution in [3.05, 3.63) is 35.9 Å². The molecule has 0 N–H and O–H groups in total. The number of rotatable bonds is 6. The number of hydrogen-bond donors (Lipinski definition) is 0. The fourth-order valence-corrected chi connectivity index (χ4v) is 1.99. The van der Waals surface area contributed by atoms with Gasteiger partial charge < -0.3 is 4.74 Å². The monoisotopic (exact) mass is 320 g/mol. The van der Waals surface area contributed by atoms with Crippen LogP contribution in [0.1, 0.15) is 30.6 Å². The first-order valence-electron chi connectivity index (χ1n) is 6.65. The topological polar surface area (TPSA) is 43.4 Å². The van der Waals surface area contributed by atoms with E-state index in [0.717, 1.165) is 6.92 Å². The van der Waals surface area contributed by atoms with E-state index in [1.807, 2.05) is 0 Å². The molecule has 0 saturated heterocycles. The molecule has 2 atom stereocenters. The van der Waals surface area contributed by atoms with Crippen LogP contribution in [0.25, 0.3) is 0 Å². The molecular weight excluding hydrogens is 304 g/mol. The lowest BCUT2D eigenvalue weighted by Crippen LogP contribution is -2.54. The highest BCUT2D eigenvalue weighted by Crippen LogP contribution is 2.42. The van der Waals surface area contributed by atoms with Crippen molar-refractivity contribution >= 4 is 11.8 Å². The first-order valence-corrected chi connectivity index (χ1v) is 6.65. The minimum atomic E-state index is -5.46. The highest BCUT2D eigenvalue weighted by Gasteiger charge is 2.66. The number of hydrogen-bond acceptors (Lipinski definition) is 3. The van der Waals surface area contributed by atoms with Crippen LogP contribution in [-0.4, -0.2) is 30.2 Å². The fourth-order valence-electron chi connectivity index (χ4n) is 1.99. The summed E-state index contributed by atoms with van der Waals surface area (Å²) in [5.74, 6) is -4.60. The Labute approximate surface area is 125 Å². The molecule has 3 nitrogen and oxygen atoms in total. The molecule has 0 fully saturated rings. The zero-order chi connectivity index (χ0) is 17.0. The number of carbonyl (C=O) groups excluding carboxylic acids is 2. The number of alkyl halides is 4. The van der Waals surface area contributed by atoms with Gasteiger partial charge in [-0.05, 0) is 6.92 Å². The summed E-state index contributed by atoms with van der Waals surface area (Å²) >= 11 is 0. The van der Waals surface area contributed by atoms with Crippen LogP contribution in [0.3, 0.4) is 0 Å². The molecule has 0 bridgehead atoms. The summed E-state index contributed by atoms with van der Waals surface area (Å²) in [6.45, 7) is 1.75. The van der Waals surface area contributed by atoms with Crippen molar-refractivity contribution < 1.29 is 31.9 Å². The highest BCUT2D eigenvalue weighted by molar-refractivity contribution is 5.96. The van der Waals surface area contributed by atoms with Gasteiger partial charge in [0.15, 0.2) is 5.78 Å². The maximum absolute atomic E-state index is 14.4. The maximum Gasteiger partial charge on any atom is 0.433 e. The third-order valence-corrected chi connectivity index (χ3v) is 3.25. The van der Waals surface area contributed by atoms with Crippen LogP contribution in [0.2, 0.25) is 0 Å². The molecule has 22 heavy (non-hydrogen) atoms. The first kappa shape index (κ1) is 18.1. The van der Waals surface area contributed by atoms with Crippen molar-refractivity contribution in [2.24, 2.45) is 5.92 Å². The second-order valence-electron chi connectivity index (χ2n) is 4.82. The van der Waals surface area contributed by atoms with Crippen molar-refractivity contribution in [3.63, 3.8) is 0 Å². The van der Waals surface area contributed by atoms with Crippen LogP contribution in [0, 0.1) is 5.92 Å². The molecule has 0 heterocycles. The largest absolute Gasteiger partial charge is 0.463 e. The average molecular weight is 320 g/mol. The molecule has 0 aliphatic carbocycles. The molecule has 7 heteroatoms. The minimum absolute atomic E-state index is 0.155. The maximum atomic E-state index is 14.4. The van der Waals surface area contributed by atoms with Gasteiger partial charge in [0.1, 0.15) is 0 Å². The van der Waals surface area contributed by atoms with Crippen molar-refractivity contribution in [2.45, 2.75) is 32.1 Å². The van der Waals surface area contributed by atoms with Gasteiger partial charge in [-0.25, -0.2) is 9.18 Å². The van der Waals surface area contributed by atoms with Crippen LogP contribution in [0.5, 0.6) is 0 Å². The summed E-state index contributed by atoms with van der Waals surface area (Å²) in [6.07, 6.45) is -6.23. The van der Waals surface area contributed by atoms with Crippen LogP contribution in [-0.2, 0) is 9.53 Å². The van der Waals surface area contributed by atoms with Crippen LogP contribution in [0.4, 0.5) is 17.6 Å². The van der Waals surface area contributed by atoms with Gasteiger partial charge in [-0.15, -0.1) is 0 Å². The molecule has 0 saturated carbocycles. The number of esters is 1. The Hall–Kier alpha value is -1.92. The lowest BCUT2D eigenvalue weighted by molar-refractivity contribution is -0.251. The second kappa shape index (κ2) is 6.89. The summed E-state index contributed by atoms with van der Waals surface area (Å²) in [6, 6.07) is 7.53. The molecule has 0 aliphatic rings. The van der Waals surface area contributed by atoms with Gasteiger partial charge in [0.25, 0.3) is 0 Å². The average Bonchev–Trinajstić information content (AvgIpc) is 2.46. The van der Waals surface area contributed by atoms with Gasteiger partial charge in [0, 0.05) is 17.9 Å². The predicted molar refractivity (Wildman–Crippen MR) is 71.1 cm³/mol. The van der Waals surface area contributed by atoms with Gasteiger partial charge in [-0.2, -0.15) is 13.2 Å². The lowest BCUT2D eigenvalue weighted by Gasteiger charge is -2.30. The molecule has 0 spiro atoms. The van der Waals surface area contributed by atoms with Crippen LogP contribution >= 0.6 is 0 Å². The molecule has 1 aromatic carbocycles. The summed E-state index contributed by atoms with van der Waals surface area (Å²) in [5.41, 5.74) is -4.06. The van der Waals surface area contributed by atoms with E-state index in [1.54, 1.807) is 6.07 Å². The summed E-state index contributed by atoms with van der Waals surface area (Å²) in [7, 11) is 0. The summed E-state index contributed by atoms with van der Waals surface area (Å²) in [5, 5.41) is 0. The standard InChI is InChI=1S/C15H16F4O3/c1-3-22-13(21)14(16,15(17,18)19)10(2)9-12(20)11-7-5-4-6-8-11/h4-8,10H,3,9H2,1-2H3. The Bertz CT molecular complexity index is 527. The minimum Gasteiger partial charge on any atom is -0.463 e. The third kappa shape index (κ3) is 3.64. The molecule has 1 aromatic rings. The normalized spacial score (nSPS) is 15.7. The first-order chi connectivity index (χ1) is 10.1. The van der Waals surface area contributed by atoms with Crippen molar-refractivity contribution in [3.8, 4) is 0 Å². The van der Waals surface area contributed by atoms with Gasteiger partial charge in [-0.3, -0.25) is 4.79 Å². The summed E-state index contributed by atoms with van der Waals surface area (Å²) < 4.78 is 57.6. The molecule has 0 aromatic heterocycles. The van der Waals surface area contributed by atoms with Crippen LogP contribution in [0.15, 0.2) is 30.3 Å². The number of halogens is 4. The molecule has 0 radical (unpaired) electrons. The van der Waals surface area contributed by atoms with Crippen molar-refractivity contribution in [2.75, 3.05) is 6.61 Å². The predicted octanol–water partition coefficient (Wildman–Crippen LogP) is 3.73. The van der Waals surface area contributed by atoms with E-state index in [2.05, 4.69) is 4.74 Å². The van der Waals surface area contributed by atoms with E-state index in [4.69, 9.17) is 0 Å². The molecule has 0 aliphatic heterocycles. The molecule has 1 rings (SSSR count). The smallest absolute Gasteiger partial charge is 0.433 e.